The van der Waals surface area contributed by atoms with Crippen LogP contribution in [0.5, 0.6) is 0 Å². The van der Waals surface area contributed by atoms with Crippen LogP contribution >= 0.6 is 15.9 Å². The van der Waals surface area contributed by atoms with Gasteiger partial charge in [0.2, 0.25) is 5.91 Å². The van der Waals surface area contributed by atoms with Gasteiger partial charge in [-0.3, -0.25) is 4.79 Å². The number of rotatable bonds is 0. The number of benzene rings is 1. The highest BCUT2D eigenvalue weighted by atomic mass is 79.9. The fourth-order valence-corrected chi connectivity index (χ4v) is 3.28. The Hall–Kier alpha value is -1.03. The third-order valence-corrected chi connectivity index (χ3v) is 4.21. The highest BCUT2D eigenvalue weighted by Crippen LogP contribution is 2.40. The molecule has 1 aliphatic heterocycles. The quantitative estimate of drug-likeness (QED) is 0.769. The van der Waals surface area contributed by atoms with E-state index in [0.29, 0.717) is 6.42 Å². The molecule has 0 bridgehead atoms. The molecule has 1 saturated carbocycles. The van der Waals surface area contributed by atoms with Crippen molar-refractivity contribution in [3.63, 3.8) is 0 Å². The van der Waals surface area contributed by atoms with Crippen LogP contribution in [0.25, 0.3) is 0 Å². The molecule has 17 heavy (non-hydrogen) atoms. The minimum Gasteiger partial charge on any atom is -0.377 e. The van der Waals surface area contributed by atoms with Gasteiger partial charge in [-0.25, -0.2) is 0 Å². The van der Waals surface area contributed by atoms with E-state index in [4.69, 9.17) is 0 Å². The molecule has 0 atom stereocenters. The van der Waals surface area contributed by atoms with Crippen molar-refractivity contribution >= 4 is 33.2 Å². The summed E-state index contributed by atoms with van der Waals surface area (Å²) >= 11 is 3.43. The molecule has 1 heterocycles. The van der Waals surface area contributed by atoms with Crippen LogP contribution in [-0.4, -0.2) is 11.4 Å². The molecular weight excluding hydrogens is 280 g/mol. The minimum absolute atomic E-state index is 0.0108. The Bertz CT molecular complexity index is 466. The van der Waals surface area contributed by atoms with Gasteiger partial charge in [0.05, 0.1) is 11.4 Å². The monoisotopic (exact) mass is 294 g/mol. The molecule has 1 spiro atoms. The molecule has 3 rings (SSSR count). The summed E-state index contributed by atoms with van der Waals surface area (Å²) in [5, 5.41) is 6.57. The van der Waals surface area contributed by atoms with E-state index in [0.717, 1.165) is 28.7 Å². The number of anilines is 2. The maximum absolute atomic E-state index is 12.0. The number of amides is 1. The van der Waals surface area contributed by atoms with Gasteiger partial charge in [0, 0.05) is 16.4 Å². The lowest BCUT2D eigenvalue weighted by Gasteiger charge is -2.28. The van der Waals surface area contributed by atoms with Crippen LogP contribution in [0.4, 0.5) is 11.4 Å². The average molecular weight is 295 g/mol. The van der Waals surface area contributed by atoms with Crippen LogP contribution in [0.15, 0.2) is 22.7 Å². The zero-order chi connectivity index (χ0) is 11.9. The fourth-order valence-electron chi connectivity index (χ4n) is 2.91. The van der Waals surface area contributed by atoms with Gasteiger partial charge in [0.25, 0.3) is 0 Å². The van der Waals surface area contributed by atoms with Crippen molar-refractivity contribution in [1.82, 2.24) is 0 Å². The van der Waals surface area contributed by atoms with Crippen LogP contribution in [0.3, 0.4) is 0 Å². The summed E-state index contributed by atoms with van der Waals surface area (Å²) < 4.78 is 0.987. The Labute approximate surface area is 109 Å². The molecule has 0 saturated heterocycles. The first kappa shape index (κ1) is 11.1. The summed E-state index contributed by atoms with van der Waals surface area (Å²) in [6.07, 6.45) is 5.20. The van der Waals surface area contributed by atoms with Gasteiger partial charge in [0.1, 0.15) is 0 Å². The van der Waals surface area contributed by atoms with E-state index in [1.165, 1.54) is 12.8 Å². The van der Waals surface area contributed by atoms with Crippen LogP contribution in [-0.2, 0) is 4.79 Å². The number of hydrogen-bond donors (Lipinski definition) is 2. The molecule has 1 aromatic carbocycles. The normalized spacial score (nSPS) is 21.6. The highest BCUT2D eigenvalue weighted by Gasteiger charge is 2.38. The van der Waals surface area contributed by atoms with Crippen LogP contribution in [0.1, 0.15) is 32.1 Å². The van der Waals surface area contributed by atoms with Crippen molar-refractivity contribution < 1.29 is 4.79 Å². The van der Waals surface area contributed by atoms with Gasteiger partial charge in [-0.05, 0) is 31.0 Å². The maximum atomic E-state index is 12.0. The van der Waals surface area contributed by atoms with Gasteiger partial charge < -0.3 is 10.6 Å². The zero-order valence-corrected chi connectivity index (χ0v) is 11.1. The van der Waals surface area contributed by atoms with E-state index >= 15 is 0 Å². The smallest absolute Gasteiger partial charge is 0.226 e. The molecule has 1 fully saturated rings. The molecule has 1 aliphatic carbocycles. The Morgan fingerprint density at radius 3 is 2.71 bits per heavy atom. The Kier molecular flexibility index (Phi) is 2.62. The minimum atomic E-state index is -0.0108. The number of carbonyl (C=O) groups excluding carboxylic acids is 1. The molecular formula is C13H15BrN2O. The first-order valence-electron chi connectivity index (χ1n) is 6.05. The molecule has 2 N–H and O–H groups in total. The predicted octanol–water partition coefficient (Wildman–Crippen LogP) is 3.52. The van der Waals surface area contributed by atoms with Crippen LogP contribution < -0.4 is 10.6 Å². The second kappa shape index (κ2) is 4.02. The van der Waals surface area contributed by atoms with Crippen LogP contribution in [0.2, 0.25) is 0 Å². The van der Waals surface area contributed by atoms with Gasteiger partial charge in [0.15, 0.2) is 0 Å². The molecule has 0 aromatic heterocycles. The van der Waals surface area contributed by atoms with Gasteiger partial charge in [-0.2, -0.15) is 0 Å². The molecule has 0 unspecified atom stereocenters. The molecule has 0 radical (unpaired) electrons. The van der Waals surface area contributed by atoms with Crippen molar-refractivity contribution in [1.29, 1.82) is 0 Å². The van der Waals surface area contributed by atoms with Gasteiger partial charge in [-0.1, -0.05) is 28.8 Å². The molecule has 1 aromatic rings. The highest BCUT2D eigenvalue weighted by molar-refractivity contribution is 9.10. The number of fused-ring (bicyclic) bond motifs is 1. The molecule has 2 aliphatic rings. The zero-order valence-electron chi connectivity index (χ0n) is 9.55. The second-order valence-electron chi connectivity index (χ2n) is 5.03. The third kappa shape index (κ3) is 2.06. The average Bonchev–Trinajstić information content (AvgIpc) is 2.64. The summed E-state index contributed by atoms with van der Waals surface area (Å²) in [5.41, 5.74) is 1.91. The van der Waals surface area contributed by atoms with Crippen molar-refractivity contribution in [3.8, 4) is 0 Å². The SMILES string of the molecule is O=C1CC2(CCCC2)Nc2ccc(Br)cc2N1. The molecule has 4 heteroatoms. The molecule has 1 amide bonds. The van der Waals surface area contributed by atoms with E-state index in [1.807, 2.05) is 18.2 Å². The first-order valence-corrected chi connectivity index (χ1v) is 6.84. The lowest BCUT2D eigenvalue weighted by atomic mass is 9.93. The standard InChI is InChI=1S/C13H15BrN2O/c14-9-3-4-10-11(7-9)15-12(17)8-13(16-10)5-1-2-6-13/h3-4,7,16H,1-2,5-6,8H2,(H,15,17). The molecule has 3 nitrogen and oxygen atoms in total. The Morgan fingerprint density at radius 2 is 1.94 bits per heavy atom. The number of carbonyl (C=O) groups is 1. The lowest BCUT2D eigenvalue weighted by molar-refractivity contribution is -0.117. The summed E-state index contributed by atoms with van der Waals surface area (Å²) in [7, 11) is 0. The summed E-state index contributed by atoms with van der Waals surface area (Å²) in [6, 6.07) is 5.99. The lowest BCUT2D eigenvalue weighted by Crippen LogP contribution is -2.36. The van der Waals surface area contributed by atoms with Crippen molar-refractivity contribution in [2.75, 3.05) is 10.6 Å². The second-order valence-corrected chi connectivity index (χ2v) is 5.94. The van der Waals surface area contributed by atoms with Crippen molar-refractivity contribution in [3.05, 3.63) is 22.7 Å². The van der Waals surface area contributed by atoms with E-state index in [9.17, 15) is 4.79 Å². The Balaban J connectivity index is 2.01. The van der Waals surface area contributed by atoms with Crippen molar-refractivity contribution in [2.24, 2.45) is 0 Å². The maximum Gasteiger partial charge on any atom is 0.226 e. The van der Waals surface area contributed by atoms with E-state index in [-0.39, 0.29) is 11.4 Å². The Morgan fingerprint density at radius 1 is 1.18 bits per heavy atom. The van der Waals surface area contributed by atoms with Crippen LogP contribution in [0, 0.1) is 0 Å². The van der Waals surface area contributed by atoms with Gasteiger partial charge in [-0.15, -0.1) is 0 Å². The predicted molar refractivity (Wildman–Crippen MR) is 72.2 cm³/mol. The number of hydrogen-bond acceptors (Lipinski definition) is 2. The summed E-state index contributed by atoms with van der Waals surface area (Å²) in [5.74, 6) is 0.122. The fraction of sp³-hybridized carbons (Fsp3) is 0.462. The van der Waals surface area contributed by atoms with Crippen molar-refractivity contribution in [2.45, 2.75) is 37.6 Å². The van der Waals surface area contributed by atoms with E-state index in [2.05, 4.69) is 26.6 Å². The third-order valence-electron chi connectivity index (χ3n) is 3.72. The topological polar surface area (TPSA) is 41.1 Å². The van der Waals surface area contributed by atoms with E-state index < -0.39 is 0 Å². The first-order chi connectivity index (χ1) is 8.17. The van der Waals surface area contributed by atoms with E-state index in [1.54, 1.807) is 0 Å². The number of nitrogens with one attached hydrogen (secondary N) is 2. The largest absolute Gasteiger partial charge is 0.377 e. The number of halogens is 1. The summed E-state index contributed by atoms with van der Waals surface area (Å²) in [6.45, 7) is 0. The summed E-state index contributed by atoms with van der Waals surface area (Å²) in [4.78, 5) is 12.0. The molecule has 90 valence electrons. The van der Waals surface area contributed by atoms with Gasteiger partial charge >= 0.3 is 0 Å².